The van der Waals surface area contributed by atoms with E-state index in [0.29, 0.717) is 5.69 Å². The van der Waals surface area contributed by atoms with E-state index < -0.39 is 0 Å². The molecule has 6 rings (SSSR count). The van der Waals surface area contributed by atoms with Crippen LogP contribution in [0.4, 0.5) is 0 Å². The van der Waals surface area contributed by atoms with Crippen molar-refractivity contribution in [3.8, 4) is 11.4 Å². The number of aromatic nitrogens is 4. The van der Waals surface area contributed by atoms with Gasteiger partial charge in [0.15, 0.2) is 6.29 Å². The van der Waals surface area contributed by atoms with Crippen molar-refractivity contribution in [1.29, 1.82) is 0 Å². The van der Waals surface area contributed by atoms with Crippen LogP contribution in [0, 0.1) is 0 Å². The predicted octanol–water partition coefficient (Wildman–Crippen LogP) is 3.25. The summed E-state index contributed by atoms with van der Waals surface area (Å²) in [6.07, 6.45) is 8.26. The number of rotatable bonds is 2. The summed E-state index contributed by atoms with van der Waals surface area (Å²) in [4.78, 5) is 19.1. The van der Waals surface area contributed by atoms with Gasteiger partial charge in [-0.15, -0.1) is 0 Å². The van der Waals surface area contributed by atoms with E-state index in [2.05, 4.69) is 44.9 Å². The van der Waals surface area contributed by atoms with Gasteiger partial charge in [-0.3, -0.25) is 4.79 Å². The summed E-state index contributed by atoms with van der Waals surface area (Å²) in [5.41, 5.74) is 8.59. The molecule has 2 aliphatic heterocycles. The van der Waals surface area contributed by atoms with E-state index in [0.717, 1.165) is 54.7 Å². The number of para-hydroxylation sites is 2. The van der Waals surface area contributed by atoms with E-state index in [-0.39, 0.29) is 6.61 Å². The van der Waals surface area contributed by atoms with Gasteiger partial charge in [0, 0.05) is 17.1 Å². The van der Waals surface area contributed by atoms with Crippen LogP contribution in [0.3, 0.4) is 0 Å². The average Bonchev–Trinajstić information content (AvgIpc) is 3.43. The molecule has 30 heavy (non-hydrogen) atoms. The second kappa shape index (κ2) is 7.72. The molecular weight excluding hydrogens is 376 g/mol. The van der Waals surface area contributed by atoms with Crippen LogP contribution < -0.4 is 0 Å². The summed E-state index contributed by atoms with van der Waals surface area (Å²) in [6.45, 7) is 0.0322. The van der Waals surface area contributed by atoms with Crippen molar-refractivity contribution in [2.45, 2.75) is 32.3 Å². The number of aliphatic hydroxyl groups is 1. The predicted molar refractivity (Wildman–Crippen MR) is 113 cm³/mol. The van der Waals surface area contributed by atoms with Crippen LogP contribution in [-0.4, -0.2) is 30.5 Å². The molecule has 0 spiro atoms. The largest absolute Gasteiger partial charge is 0.390 e. The normalized spacial score (nSPS) is 13.2. The summed E-state index contributed by atoms with van der Waals surface area (Å²) in [6, 6.07) is 16.6. The van der Waals surface area contributed by atoms with Crippen LogP contribution in [0.25, 0.3) is 11.4 Å². The molecule has 150 valence electrons. The number of nitrogens with zero attached hydrogens (tertiary/aromatic N) is 4. The molecule has 4 aromatic rings. The lowest BCUT2D eigenvalue weighted by Crippen LogP contribution is -2.11. The van der Waals surface area contributed by atoms with E-state index in [1.54, 1.807) is 12.7 Å². The minimum atomic E-state index is 0.0322. The maximum Gasteiger partial charge on any atom is 0.170 e. The maximum atomic E-state index is 10.8. The molecule has 6 nitrogen and oxygen atoms in total. The highest BCUT2D eigenvalue weighted by molar-refractivity contribution is 5.74. The Hall–Kier alpha value is -3.51. The average molecular weight is 398 g/mol. The summed E-state index contributed by atoms with van der Waals surface area (Å²) in [7, 11) is 0. The molecule has 1 N–H and O–H groups in total. The highest BCUT2D eigenvalue weighted by Crippen LogP contribution is 2.26. The quantitative estimate of drug-likeness (QED) is 0.526. The lowest BCUT2D eigenvalue weighted by molar-refractivity contribution is 0.111. The lowest BCUT2D eigenvalue weighted by atomic mass is 10.0. The number of aryl methyl sites for hydroxylation is 2. The number of imidazole rings is 2. The lowest BCUT2D eigenvalue weighted by Gasteiger charge is -2.19. The van der Waals surface area contributed by atoms with Crippen molar-refractivity contribution >= 4 is 6.29 Å². The summed E-state index contributed by atoms with van der Waals surface area (Å²) >= 11 is 0. The number of carbonyl (C=O) groups excluding carboxylic acids is 1. The Balaban J connectivity index is 0.000000128. The van der Waals surface area contributed by atoms with Crippen LogP contribution >= 0.6 is 0 Å². The Kier molecular flexibility index (Phi) is 4.77. The molecule has 2 aliphatic rings. The van der Waals surface area contributed by atoms with Crippen molar-refractivity contribution in [3.63, 3.8) is 0 Å². The van der Waals surface area contributed by atoms with Crippen molar-refractivity contribution in [2.75, 3.05) is 0 Å². The van der Waals surface area contributed by atoms with E-state index in [9.17, 15) is 4.79 Å². The summed E-state index contributed by atoms with van der Waals surface area (Å²) in [5.74, 6) is 0. The topological polar surface area (TPSA) is 72.9 Å². The van der Waals surface area contributed by atoms with Crippen LogP contribution in [0.1, 0.15) is 38.7 Å². The van der Waals surface area contributed by atoms with Crippen molar-refractivity contribution in [1.82, 2.24) is 19.1 Å². The fourth-order valence-electron chi connectivity index (χ4n) is 4.38. The molecule has 0 fully saturated rings. The number of hydrogen-bond acceptors (Lipinski definition) is 4. The van der Waals surface area contributed by atoms with E-state index in [1.165, 1.54) is 16.8 Å². The second-order valence-corrected chi connectivity index (χ2v) is 7.49. The zero-order chi connectivity index (χ0) is 20.5. The third-order valence-corrected chi connectivity index (χ3v) is 5.88. The maximum absolute atomic E-state index is 10.8. The van der Waals surface area contributed by atoms with Gasteiger partial charge in [-0.2, -0.15) is 0 Å². The molecule has 2 aromatic heterocycles. The molecule has 0 saturated carbocycles. The number of benzene rings is 2. The number of fused-ring (bicyclic) bond motifs is 6. The van der Waals surface area contributed by atoms with Gasteiger partial charge in [0.05, 0.1) is 24.3 Å². The first kappa shape index (κ1) is 18.5. The molecule has 2 aromatic carbocycles. The molecule has 0 saturated heterocycles. The van der Waals surface area contributed by atoms with Crippen LogP contribution in [0.5, 0.6) is 0 Å². The van der Waals surface area contributed by atoms with Gasteiger partial charge in [0.25, 0.3) is 0 Å². The SMILES string of the molecule is O=Cc1ncn2c1CCc1ccccc1-2.OCc1ncn2c1CCc1ccccc1-2. The number of aldehydes is 1. The molecule has 0 unspecified atom stereocenters. The van der Waals surface area contributed by atoms with Crippen molar-refractivity contribution in [3.05, 3.63) is 95.1 Å². The standard InChI is InChI=1S/C12H12N2O.C12H10N2O/c2*15-7-10-12-6-5-9-3-1-2-4-11(9)14(12)8-13-10/h1-4,8,15H,5-7H2;1-4,7-8H,5-6H2. The Morgan fingerprint density at radius 1 is 0.800 bits per heavy atom. The minimum Gasteiger partial charge on any atom is -0.390 e. The fraction of sp³-hybridized carbons (Fsp3) is 0.208. The first-order valence-electron chi connectivity index (χ1n) is 10.1. The first-order chi connectivity index (χ1) is 14.8. The first-order valence-corrected chi connectivity index (χ1v) is 10.1. The number of aliphatic hydroxyl groups excluding tert-OH is 1. The van der Waals surface area contributed by atoms with Crippen LogP contribution in [0.2, 0.25) is 0 Å². The highest BCUT2D eigenvalue weighted by atomic mass is 16.3. The molecule has 0 atom stereocenters. The molecule has 0 bridgehead atoms. The van der Waals surface area contributed by atoms with Gasteiger partial charge in [0.2, 0.25) is 0 Å². The Labute approximate surface area is 174 Å². The zero-order valence-electron chi connectivity index (χ0n) is 16.5. The molecular formula is C24H22N4O2. The summed E-state index contributed by atoms with van der Waals surface area (Å²) in [5, 5.41) is 9.15. The fourth-order valence-corrected chi connectivity index (χ4v) is 4.38. The highest BCUT2D eigenvalue weighted by Gasteiger charge is 2.19. The van der Waals surface area contributed by atoms with Crippen LogP contribution in [-0.2, 0) is 32.3 Å². The van der Waals surface area contributed by atoms with Crippen LogP contribution in [0.15, 0.2) is 61.2 Å². The second-order valence-electron chi connectivity index (χ2n) is 7.49. The number of hydrogen-bond donors (Lipinski definition) is 1. The molecule has 0 aliphatic carbocycles. The molecule has 6 heteroatoms. The Bertz CT molecular complexity index is 1220. The van der Waals surface area contributed by atoms with Gasteiger partial charge in [-0.25, -0.2) is 9.97 Å². The van der Waals surface area contributed by atoms with Gasteiger partial charge in [-0.05, 0) is 48.9 Å². The Morgan fingerprint density at radius 2 is 1.37 bits per heavy atom. The smallest absolute Gasteiger partial charge is 0.170 e. The van der Waals surface area contributed by atoms with Gasteiger partial charge in [-0.1, -0.05) is 36.4 Å². The van der Waals surface area contributed by atoms with Crippen molar-refractivity contribution < 1.29 is 9.90 Å². The van der Waals surface area contributed by atoms with Gasteiger partial charge >= 0.3 is 0 Å². The van der Waals surface area contributed by atoms with E-state index in [4.69, 9.17) is 5.11 Å². The van der Waals surface area contributed by atoms with Crippen molar-refractivity contribution in [2.24, 2.45) is 0 Å². The molecule has 4 heterocycles. The Morgan fingerprint density at radius 3 is 2.00 bits per heavy atom. The minimum absolute atomic E-state index is 0.0322. The zero-order valence-corrected chi connectivity index (χ0v) is 16.5. The summed E-state index contributed by atoms with van der Waals surface area (Å²) < 4.78 is 4.10. The number of carbonyl (C=O) groups is 1. The monoisotopic (exact) mass is 398 g/mol. The third-order valence-electron chi connectivity index (χ3n) is 5.88. The molecule has 0 amide bonds. The van der Waals surface area contributed by atoms with E-state index >= 15 is 0 Å². The van der Waals surface area contributed by atoms with Gasteiger partial charge < -0.3 is 14.2 Å². The van der Waals surface area contributed by atoms with Gasteiger partial charge in [0.1, 0.15) is 12.0 Å². The molecule has 0 radical (unpaired) electrons. The third kappa shape index (κ3) is 3.06. The van der Waals surface area contributed by atoms with E-state index in [1.807, 2.05) is 22.8 Å².